The van der Waals surface area contributed by atoms with E-state index < -0.39 is 5.82 Å². The summed E-state index contributed by atoms with van der Waals surface area (Å²) in [5.41, 5.74) is 6.74. The Hall–Kier alpha value is -1.13. The third-order valence-corrected chi connectivity index (χ3v) is 3.51. The van der Waals surface area contributed by atoms with Gasteiger partial charge in [0.05, 0.1) is 5.56 Å². The maximum atomic E-state index is 13.7. The molecule has 0 radical (unpaired) electrons. The lowest BCUT2D eigenvalue weighted by molar-refractivity contribution is 0.0618. The summed E-state index contributed by atoms with van der Waals surface area (Å²) >= 11 is 0. The Morgan fingerprint density at radius 3 is 2.89 bits per heavy atom. The Kier molecular flexibility index (Phi) is 5.76. The first-order chi connectivity index (χ1) is 8.63. The summed E-state index contributed by atoms with van der Waals surface area (Å²) in [7, 11) is 0. The molecule has 1 aromatic carbocycles. The van der Waals surface area contributed by atoms with Crippen molar-refractivity contribution in [2.45, 2.75) is 32.2 Å². The minimum absolute atomic E-state index is 0. The lowest BCUT2D eigenvalue weighted by Crippen LogP contribution is -2.47. The first-order valence-electron chi connectivity index (χ1n) is 6.40. The highest BCUT2D eigenvalue weighted by atomic mass is 35.5. The van der Waals surface area contributed by atoms with Gasteiger partial charge in [-0.1, -0.05) is 11.6 Å². The van der Waals surface area contributed by atoms with Crippen LogP contribution in [0.4, 0.5) is 4.39 Å². The molecule has 0 aromatic heterocycles. The first-order valence-corrected chi connectivity index (χ1v) is 6.40. The number of rotatable bonds is 2. The molecule has 0 spiro atoms. The molecule has 3 nitrogen and oxygen atoms in total. The topological polar surface area (TPSA) is 46.3 Å². The average molecular weight is 287 g/mol. The molecule has 1 aliphatic heterocycles. The van der Waals surface area contributed by atoms with Crippen molar-refractivity contribution in [3.8, 4) is 0 Å². The predicted molar refractivity (Wildman–Crippen MR) is 76.1 cm³/mol. The number of benzene rings is 1. The van der Waals surface area contributed by atoms with Gasteiger partial charge in [0.2, 0.25) is 0 Å². The molecule has 1 fully saturated rings. The van der Waals surface area contributed by atoms with E-state index in [0.717, 1.165) is 24.8 Å². The minimum atomic E-state index is -0.452. The fourth-order valence-electron chi connectivity index (χ4n) is 2.47. The number of carbonyl (C=O) groups is 1. The van der Waals surface area contributed by atoms with E-state index in [4.69, 9.17) is 5.73 Å². The van der Waals surface area contributed by atoms with E-state index in [0.29, 0.717) is 13.1 Å². The van der Waals surface area contributed by atoms with E-state index in [1.807, 2.05) is 6.92 Å². The van der Waals surface area contributed by atoms with E-state index in [2.05, 4.69) is 0 Å². The standard InChI is InChI=1S/C14H19FN2O.ClH/c1-10-5-6-13(15)12(8-10)14(18)17-7-3-2-4-11(17)9-16;/h5-6,8,11H,2-4,7,9,16H2,1H3;1H. The summed E-state index contributed by atoms with van der Waals surface area (Å²) in [6.07, 6.45) is 2.97. The zero-order valence-corrected chi connectivity index (χ0v) is 11.9. The largest absolute Gasteiger partial charge is 0.334 e. The molecular weight excluding hydrogens is 267 g/mol. The molecule has 2 rings (SSSR count). The Balaban J connectivity index is 0.00000180. The van der Waals surface area contributed by atoms with Gasteiger partial charge in [-0.05, 0) is 38.3 Å². The highest BCUT2D eigenvalue weighted by Crippen LogP contribution is 2.20. The van der Waals surface area contributed by atoms with Crippen LogP contribution in [0.1, 0.15) is 35.2 Å². The summed E-state index contributed by atoms with van der Waals surface area (Å²) in [5, 5.41) is 0. The number of aryl methyl sites for hydroxylation is 1. The number of hydrogen-bond donors (Lipinski definition) is 1. The van der Waals surface area contributed by atoms with E-state index in [1.165, 1.54) is 6.07 Å². The van der Waals surface area contributed by atoms with Crippen molar-refractivity contribution in [3.63, 3.8) is 0 Å². The first kappa shape index (κ1) is 15.9. The second kappa shape index (κ2) is 6.87. The van der Waals surface area contributed by atoms with Crippen LogP contribution in [0, 0.1) is 12.7 Å². The molecule has 0 aliphatic carbocycles. The highest BCUT2D eigenvalue weighted by Gasteiger charge is 2.27. The van der Waals surface area contributed by atoms with Crippen LogP contribution >= 0.6 is 12.4 Å². The monoisotopic (exact) mass is 286 g/mol. The zero-order valence-electron chi connectivity index (χ0n) is 11.1. The van der Waals surface area contributed by atoms with Gasteiger partial charge in [-0.25, -0.2) is 4.39 Å². The molecule has 1 amide bonds. The van der Waals surface area contributed by atoms with Crippen LogP contribution in [-0.4, -0.2) is 29.9 Å². The van der Waals surface area contributed by atoms with Crippen molar-refractivity contribution in [2.24, 2.45) is 5.73 Å². The van der Waals surface area contributed by atoms with E-state index in [-0.39, 0.29) is 29.9 Å². The minimum Gasteiger partial charge on any atom is -0.334 e. The summed E-state index contributed by atoms with van der Waals surface area (Å²) < 4.78 is 13.7. The lowest BCUT2D eigenvalue weighted by Gasteiger charge is -2.35. The lowest BCUT2D eigenvalue weighted by atomic mass is 10.0. The van der Waals surface area contributed by atoms with E-state index in [1.54, 1.807) is 17.0 Å². The Morgan fingerprint density at radius 2 is 2.21 bits per heavy atom. The van der Waals surface area contributed by atoms with Crippen LogP contribution in [0.15, 0.2) is 18.2 Å². The summed E-state index contributed by atoms with van der Waals surface area (Å²) in [4.78, 5) is 14.1. The van der Waals surface area contributed by atoms with Crippen molar-refractivity contribution >= 4 is 18.3 Å². The van der Waals surface area contributed by atoms with Gasteiger partial charge in [-0.2, -0.15) is 0 Å². The van der Waals surface area contributed by atoms with Crippen LogP contribution in [0.5, 0.6) is 0 Å². The van der Waals surface area contributed by atoms with Gasteiger partial charge in [-0.15, -0.1) is 12.4 Å². The van der Waals surface area contributed by atoms with Gasteiger partial charge < -0.3 is 10.6 Å². The molecule has 1 aromatic rings. The van der Waals surface area contributed by atoms with Gasteiger partial charge in [-0.3, -0.25) is 4.79 Å². The molecule has 1 unspecified atom stereocenters. The molecule has 1 atom stereocenters. The highest BCUT2D eigenvalue weighted by molar-refractivity contribution is 5.95. The second-order valence-electron chi connectivity index (χ2n) is 4.87. The predicted octanol–water partition coefficient (Wildman–Crippen LogP) is 2.51. The van der Waals surface area contributed by atoms with Crippen molar-refractivity contribution < 1.29 is 9.18 Å². The van der Waals surface area contributed by atoms with Crippen molar-refractivity contribution in [2.75, 3.05) is 13.1 Å². The summed E-state index contributed by atoms with van der Waals surface area (Å²) in [6.45, 7) is 2.97. The Bertz CT molecular complexity index is 453. The normalized spacial score (nSPS) is 18.9. The quantitative estimate of drug-likeness (QED) is 0.908. The number of carbonyl (C=O) groups excluding carboxylic acids is 1. The SMILES string of the molecule is Cc1ccc(F)c(C(=O)N2CCCCC2CN)c1.Cl. The fraction of sp³-hybridized carbons (Fsp3) is 0.500. The van der Waals surface area contributed by atoms with E-state index >= 15 is 0 Å². The van der Waals surface area contributed by atoms with Gasteiger partial charge >= 0.3 is 0 Å². The fourth-order valence-corrected chi connectivity index (χ4v) is 2.47. The molecule has 1 aliphatic rings. The van der Waals surface area contributed by atoms with Crippen LogP contribution in [-0.2, 0) is 0 Å². The number of likely N-dealkylation sites (tertiary alicyclic amines) is 1. The van der Waals surface area contributed by atoms with Crippen LogP contribution in [0.2, 0.25) is 0 Å². The molecule has 2 N–H and O–H groups in total. The van der Waals surface area contributed by atoms with Gasteiger partial charge in [0.1, 0.15) is 5.82 Å². The molecule has 19 heavy (non-hydrogen) atoms. The van der Waals surface area contributed by atoms with Crippen molar-refractivity contribution in [1.82, 2.24) is 4.90 Å². The molecule has 0 bridgehead atoms. The average Bonchev–Trinajstić information content (AvgIpc) is 2.40. The maximum absolute atomic E-state index is 13.7. The molecule has 1 saturated heterocycles. The number of halogens is 2. The van der Waals surface area contributed by atoms with Gasteiger partial charge in [0, 0.05) is 19.1 Å². The Morgan fingerprint density at radius 1 is 1.47 bits per heavy atom. The van der Waals surface area contributed by atoms with Crippen LogP contribution in [0.25, 0.3) is 0 Å². The Labute approximate surface area is 119 Å². The summed E-state index contributed by atoms with van der Waals surface area (Å²) in [6, 6.07) is 4.68. The number of amides is 1. The second-order valence-corrected chi connectivity index (χ2v) is 4.87. The zero-order chi connectivity index (χ0) is 13.1. The maximum Gasteiger partial charge on any atom is 0.257 e. The third kappa shape index (κ3) is 3.45. The smallest absolute Gasteiger partial charge is 0.257 e. The van der Waals surface area contributed by atoms with Crippen LogP contribution in [0.3, 0.4) is 0 Å². The number of nitrogens with zero attached hydrogens (tertiary/aromatic N) is 1. The van der Waals surface area contributed by atoms with Crippen molar-refractivity contribution in [3.05, 3.63) is 35.1 Å². The molecule has 106 valence electrons. The number of nitrogens with two attached hydrogens (primary N) is 1. The van der Waals surface area contributed by atoms with Crippen molar-refractivity contribution in [1.29, 1.82) is 0 Å². The molecule has 1 heterocycles. The van der Waals surface area contributed by atoms with Gasteiger partial charge in [0.15, 0.2) is 0 Å². The molecule has 5 heteroatoms. The number of piperidine rings is 1. The number of hydrogen-bond acceptors (Lipinski definition) is 2. The molecular formula is C14H20ClFN2O. The van der Waals surface area contributed by atoms with Crippen LogP contribution < -0.4 is 5.73 Å². The summed E-state index contributed by atoms with van der Waals surface area (Å²) in [5.74, 6) is -0.682. The van der Waals surface area contributed by atoms with Gasteiger partial charge in [0.25, 0.3) is 5.91 Å². The third-order valence-electron chi connectivity index (χ3n) is 3.51. The van der Waals surface area contributed by atoms with E-state index in [9.17, 15) is 9.18 Å². The molecule has 0 saturated carbocycles.